The van der Waals surface area contributed by atoms with Gasteiger partial charge in [-0.3, -0.25) is 9.62 Å². The van der Waals surface area contributed by atoms with E-state index in [1.165, 1.54) is 35.3 Å². The number of nitrogens with zero attached hydrogens (tertiary/aromatic N) is 3. The predicted octanol–water partition coefficient (Wildman–Crippen LogP) is 5.89. The average molecular weight is 463 g/mol. The Hall–Kier alpha value is -2.15. The Kier molecular flexibility index (Phi) is 7.14. The lowest BCUT2D eigenvalue weighted by atomic mass is 9.69. The van der Waals surface area contributed by atoms with Crippen LogP contribution in [0.15, 0.2) is 64.0 Å². The molecular formula is C27H34N4OS. The third-order valence-corrected chi connectivity index (χ3v) is 8.20. The molecule has 0 atom stereocenters. The summed E-state index contributed by atoms with van der Waals surface area (Å²) >= 11 is 1.74. The highest BCUT2D eigenvalue weighted by Crippen LogP contribution is 2.43. The maximum Gasteiger partial charge on any atom is 0.240 e. The quantitative estimate of drug-likeness (QED) is 0.442. The SMILES string of the molecule is Cc1ccc(C2(c3noc(CN4CCC(NSc5ccccc5)CC4)n3)CCCCC2)cc1. The second kappa shape index (κ2) is 10.4. The van der Waals surface area contributed by atoms with E-state index in [1.54, 1.807) is 11.9 Å². The number of nitrogens with one attached hydrogen (secondary N) is 1. The molecule has 1 aromatic heterocycles. The van der Waals surface area contributed by atoms with Crippen LogP contribution >= 0.6 is 11.9 Å². The second-order valence-electron chi connectivity index (χ2n) is 9.60. The van der Waals surface area contributed by atoms with E-state index in [-0.39, 0.29) is 5.41 Å². The topological polar surface area (TPSA) is 54.2 Å². The van der Waals surface area contributed by atoms with Gasteiger partial charge < -0.3 is 4.52 Å². The predicted molar refractivity (Wildman–Crippen MR) is 133 cm³/mol. The van der Waals surface area contributed by atoms with Gasteiger partial charge in [0.05, 0.1) is 12.0 Å². The van der Waals surface area contributed by atoms with Crippen molar-refractivity contribution in [3.63, 3.8) is 0 Å². The van der Waals surface area contributed by atoms with Crippen molar-refractivity contribution in [1.82, 2.24) is 19.8 Å². The van der Waals surface area contributed by atoms with Crippen molar-refractivity contribution in [3.05, 3.63) is 77.4 Å². The van der Waals surface area contributed by atoms with E-state index >= 15 is 0 Å². The highest BCUT2D eigenvalue weighted by atomic mass is 32.2. The van der Waals surface area contributed by atoms with Crippen LogP contribution in [-0.4, -0.2) is 34.2 Å². The molecule has 1 aliphatic carbocycles. The van der Waals surface area contributed by atoms with E-state index in [9.17, 15) is 0 Å². The van der Waals surface area contributed by atoms with Crippen molar-refractivity contribution in [2.75, 3.05) is 13.1 Å². The van der Waals surface area contributed by atoms with Gasteiger partial charge >= 0.3 is 0 Å². The number of likely N-dealkylation sites (tertiary alicyclic amines) is 1. The van der Waals surface area contributed by atoms with Crippen molar-refractivity contribution in [3.8, 4) is 0 Å². The van der Waals surface area contributed by atoms with E-state index in [4.69, 9.17) is 9.51 Å². The van der Waals surface area contributed by atoms with Gasteiger partial charge in [0.25, 0.3) is 0 Å². The van der Waals surface area contributed by atoms with Crippen LogP contribution in [0.1, 0.15) is 67.8 Å². The van der Waals surface area contributed by atoms with Gasteiger partial charge in [0.2, 0.25) is 5.89 Å². The zero-order chi connectivity index (χ0) is 22.5. The zero-order valence-electron chi connectivity index (χ0n) is 19.5. The molecular weight excluding hydrogens is 428 g/mol. The van der Waals surface area contributed by atoms with Crippen LogP contribution in [0.5, 0.6) is 0 Å². The molecule has 2 heterocycles. The van der Waals surface area contributed by atoms with E-state index in [0.717, 1.165) is 57.0 Å². The molecule has 174 valence electrons. The van der Waals surface area contributed by atoms with Crippen LogP contribution in [0.25, 0.3) is 0 Å². The number of rotatable bonds is 7. The van der Waals surface area contributed by atoms with Gasteiger partial charge in [0, 0.05) is 24.0 Å². The molecule has 0 radical (unpaired) electrons. The number of piperidine rings is 1. The summed E-state index contributed by atoms with van der Waals surface area (Å²) in [5.41, 5.74) is 2.53. The molecule has 5 rings (SSSR count). The summed E-state index contributed by atoms with van der Waals surface area (Å²) in [6.45, 7) is 4.99. The van der Waals surface area contributed by atoms with E-state index in [1.807, 2.05) is 0 Å². The maximum atomic E-state index is 5.80. The molecule has 1 N–H and O–H groups in total. The summed E-state index contributed by atoms with van der Waals surface area (Å²) in [5.74, 6) is 1.64. The molecule has 0 spiro atoms. The Morgan fingerprint density at radius 1 is 1.00 bits per heavy atom. The van der Waals surface area contributed by atoms with Gasteiger partial charge in [0.15, 0.2) is 5.82 Å². The lowest BCUT2D eigenvalue weighted by Crippen LogP contribution is -2.40. The van der Waals surface area contributed by atoms with E-state index < -0.39 is 0 Å². The summed E-state index contributed by atoms with van der Waals surface area (Å²) in [4.78, 5) is 8.67. The van der Waals surface area contributed by atoms with Crippen molar-refractivity contribution < 1.29 is 4.52 Å². The molecule has 0 bridgehead atoms. The Labute approximate surface area is 201 Å². The van der Waals surface area contributed by atoms with Crippen LogP contribution < -0.4 is 4.72 Å². The Balaban J connectivity index is 1.19. The summed E-state index contributed by atoms with van der Waals surface area (Å²) in [6, 6.07) is 20.0. The molecule has 3 aromatic rings. The van der Waals surface area contributed by atoms with Crippen LogP contribution in [0.4, 0.5) is 0 Å². The third kappa shape index (κ3) is 5.34. The summed E-state index contributed by atoms with van der Waals surface area (Å²) < 4.78 is 9.44. The van der Waals surface area contributed by atoms with Crippen LogP contribution in [0.2, 0.25) is 0 Å². The number of aryl methyl sites for hydroxylation is 1. The van der Waals surface area contributed by atoms with Gasteiger partial charge in [0.1, 0.15) is 0 Å². The van der Waals surface area contributed by atoms with E-state index in [2.05, 4.69) is 76.3 Å². The minimum absolute atomic E-state index is 0.0979. The molecule has 2 aromatic carbocycles. The first-order chi connectivity index (χ1) is 16.2. The fourth-order valence-corrected chi connectivity index (χ4v) is 6.05. The molecule has 0 unspecified atom stereocenters. The number of hydrogen-bond donors (Lipinski definition) is 1. The van der Waals surface area contributed by atoms with Gasteiger partial charge in [-0.15, -0.1) is 0 Å². The molecule has 2 aliphatic rings. The highest BCUT2D eigenvalue weighted by Gasteiger charge is 2.40. The molecule has 6 heteroatoms. The van der Waals surface area contributed by atoms with E-state index in [0.29, 0.717) is 6.04 Å². The minimum Gasteiger partial charge on any atom is -0.338 e. The Bertz CT molecular complexity index is 1010. The van der Waals surface area contributed by atoms with Gasteiger partial charge in [-0.05, 0) is 62.3 Å². The minimum atomic E-state index is -0.0979. The van der Waals surface area contributed by atoms with Gasteiger partial charge in [-0.2, -0.15) is 4.98 Å². The normalized spacial score (nSPS) is 19.5. The summed E-state index contributed by atoms with van der Waals surface area (Å²) in [6.07, 6.45) is 8.21. The summed E-state index contributed by atoms with van der Waals surface area (Å²) in [5, 5.41) is 4.53. The van der Waals surface area contributed by atoms with Crippen molar-refractivity contribution in [2.24, 2.45) is 0 Å². The third-order valence-electron chi connectivity index (χ3n) is 7.24. The smallest absolute Gasteiger partial charge is 0.240 e. The van der Waals surface area contributed by atoms with Gasteiger partial charge in [-0.1, -0.05) is 72.4 Å². The first kappa shape index (κ1) is 22.6. The van der Waals surface area contributed by atoms with Gasteiger partial charge in [-0.25, -0.2) is 0 Å². The van der Waals surface area contributed by atoms with Crippen LogP contribution in [-0.2, 0) is 12.0 Å². The fraction of sp³-hybridized carbons (Fsp3) is 0.481. The maximum absolute atomic E-state index is 5.80. The Morgan fingerprint density at radius 3 is 2.45 bits per heavy atom. The number of aromatic nitrogens is 2. The first-order valence-corrected chi connectivity index (χ1v) is 13.1. The largest absolute Gasteiger partial charge is 0.338 e. The molecule has 1 aliphatic heterocycles. The lowest BCUT2D eigenvalue weighted by Gasteiger charge is -2.35. The number of hydrogen-bond acceptors (Lipinski definition) is 6. The van der Waals surface area contributed by atoms with Crippen LogP contribution in [0, 0.1) is 6.92 Å². The molecule has 33 heavy (non-hydrogen) atoms. The summed E-state index contributed by atoms with van der Waals surface area (Å²) in [7, 11) is 0. The molecule has 0 amide bonds. The standard InChI is InChI=1S/C27H34N4OS/c1-21-10-12-22(13-11-21)27(16-6-3-7-17-27)26-28-25(32-29-26)20-31-18-14-23(15-19-31)30-33-24-8-4-2-5-9-24/h2,4-5,8-13,23,30H,3,6-7,14-20H2,1H3. The van der Waals surface area contributed by atoms with Crippen LogP contribution in [0.3, 0.4) is 0 Å². The first-order valence-electron chi connectivity index (χ1n) is 12.3. The van der Waals surface area contributed by atoms with Crippen molar-refractivity contribution in [2.45, 2.75) is 74.8 Å². The lowest BCUT2D eigenvalue weighted by molar-refractivity contribution is 0.178. The second-order valence-corrected chi connectivity index (χ2v) is 10.5. The Morgan fingerprint density at radius 2 is 1.73 bits per heavy atom. The molecule has 5 nitrogen and oxygen atoms in total. The molecule has 1 saturated heterocycles. The van der Waals surface area contributed by atoms with Crippen molar-refractivity contribution in [1.29, 1.82) is 0 Å². The molecule has 2 fully saturated rings. The number of benzene rings is 2. The zero-order valence-corrected chi connectivity index (χ0v) is 20.3. The highest BCUT2D eigenvalue weighted by molar-refractivity contribution is 7.97. The monoisotopic (exact) mass is 462 g/mol. The van der Waals surface area contributed by atoms with Crippen molar-refractivity contribution >= 4 is 11.9 Å². The fourth-order valence-electron chi connectivity index (χ4n) is 5.22. The molecule has 1 saturated carbocycles. The average Bonchev–Trinajstić information content (AvgIpc) is 3.34.